The number of nitrogens with zero attached hydrogens (tertiary/aromatic N) is 1. The van der Waals surface area contributed by atoms with E-state index in [9.17, 15) is 0 Å². The molecule has 0 amide bonds. The van der Waals surface area contributed by atoms with Gasteiger partial charge < -0.3 is 10.2 Å². The molecule has 1 heterocycles. The topological polar surface area (TPSA) is 15.3 Å². The molecular weight excluding hydrogens is 208 g/mol. The summed E-state index contributed by atoms with van der Waals surface area (Å²) in [6.45, 7) is 5.64. The summed E-state index contributed by atoms with van der Waals surface area (Å²) in [6, 6.07) is 0. The molecule has 2 heteroatoms. The van der Waals surface area contributed by atoms with Crippen molar-refractivity contribution in [1.82, 2.24) is 10.2 Å². The number of hydrogen-bond acceptors (Lipinski definition) is 2. The Morgan fingerprint density at radius 1 is 1.53 bits per heavy atom. The van der Waals surface area contributed by atoms with Gasteiger partial charge in [0.15, 0.2) is 0 Å². The van der Waals surface area contributed by atoms with Crippen LogP contribution in [0.2, 0.25) is 0 Å². The third-order valence-corrected chi connectivity index (χ3v) is 4.24. The molecule has 0 bridgehead atoms. The molecule has 17 heavy (non-hydrogen) atoms. The summed E-state index contributed by atoms with van der Waals surface area (Å²) in [5.74, 6) is 1.66. The second kappa shape index (κ2) is 5.61. The van der Waals surface area contributed by atoms with Crippen molar-refractivity contribution >= 4 is 0 Å². The smallest absolute Gasteiger partial charge is 0.0871 e. The lowest BCUT2D eigenvalue weighted by molar-refractivity contribution is 0.392. The highest BCUT2D eigenvalue weighted by molar-refractivity contribution is 5.31. The molecule has 2 nitrogen and oxygen atoms in total. The number of nitrogens with one attached hydrogen (secondary N) is 1. The van der Waals surface area contributed by atoms with Crippen molar-refractivity contribution in [2.75, 3.05) is 13.7 Å². The van der Waals surface area contributed by atoms with Crippen LogP contribution in [0, 0.1) is 11.8 Å². The summed E-state index contributed by atoms with van der Waals surface area (Å²) in [5.41, 5.74) is 2.87. The highest BCUT2D eigenvalue weighted by Crippen LogP contribution is 2.30. The molecule has 1 aliphatic heterocycles. The predicted octanol–water partition coefficient (Wildman–Crippen LogP) is 3.48. The molecule has 2 unspecified atom stereocenters. The fraction of sp³-hybridized carbons (Fsp3) is 0.733. The zero-order chi connectivity index (χ0) is 12.3. The van der Waals surface area contributed by atoms with Crippen LogP contribution in [0.3, 0.4) is 0 Å². The Labute approximate surface area is 106 Å². The second-order valence-electron chi connectivity index (χ2n) is 5.66. The first-order valence-corrected chi connectivity index (χ1v) is 7.07. The Morgan fingerprint density at radius 2 is 2.35 bits per heavy atom. The minimum atomic E-state index is 0.764. The van der Waals surface area contributed by atoms with E-state index in [1.807, 2.05) is 0 Å². The monoisotopic (exact) mass is 234 g/mol. The maximum absolute atomic E-state index is 3.43. The number of rotatable bonds is 5. The second-order valence-corrected chi connectivity index (χ2v) is 5.66. The Balaban J connectivity index is 1.77. The quantitative estimate of drug-likeness (QED) is 0.783. The summed E-state index contributed by atoms with van der Waals surface area (Å²) >= 11 is 0. The van der Waals surface area contributed by atoms with Crippen LogP contribution >= 0.6 is 0 Å². The van der Waals surface area contributed by atoms with Crippen LogP contribution in [-0.4, -0.2) is 18.6 Å². The van der Waals surface area contributed by atoms with Crippen molar-refractivity contribution in [1.29, 1.82) is 0 Å². The maximum Gasteiger partial charge on any atom is 0.0871 e. The van der Waals surface area contributed by atoms with Crippen LogP contribution in [-0.2, 0) is 0 Å². The molecule has 0 saturated heterocycles. The third-order valence-electron chi connectivity index (χ3n) is 4.24. The molecule has 2 rings (SSSR count). The van der Waals surface area contributed by atoms with Gasteiger partial charge in [0.05, 0.1) is 12.4 Å². The van der Waals surface area contributed by atoms with E-state index in [-0.39, 0.29) is 0 Å². The molecular formula is C15H26N2. The van der Waals surface area contributed by atoms with E-state index in [4.69, 9.17) is 0 Å². The van der Waals surface area contributed by atoms with Gasteiger partial charge in [-0.1, -0.05) is 39.2 Å². The van der Waals surface area contributed by atoms with Crippen molar-refractivity contribution in [3.63, 3.8) is 0 Å². The van der Waals surface area contributed by atoms with E-state index in [0.29, 0.717) is 0 Å². The van der Waals surface area contributed by atoms with Gasteiger partial charge in [-0.25, -0.2) is 0 Å². The van der Waals surface area contributed by atoms with Gasteiger partial charge in [-0.2, -0.15) is 0 Å². The van der Waals surface area contributed by atoms with Gasteiger partial charge in [0.25, 0.3) is 0 Å². The Bertz CT molecular complexity index is 317. The van der Waals surface area contributed by atoms with Gasteiger partial charge in [-0.3, -0.25) is 0 Å². The maximum atomic E-state index is 3.43. The van der Waals surface area contributed by atoms with E-state index in [1.54, 1.807) is 0 Å². The summed E-state index contributed by atoms with van der Waals surface area (Å²) < 4.78 is 0. The zero-order valence-electron chi connectivity index (χ0n) is 11.5. The molecule has 1 aliphatic carbocycles. The lowest BCUT2D eigenvalue weighted by Gasteiger charge is -2.22. The molecule has 0 saturated carbocycles. The van der Waals surface area contributed by atoms with Gasteiger partial charge >= 0.3 is 0 Å². The summed E-state index contributed by atoms with van der Waals surface area (Å²) in [7, 11) is 2.19. The van der Waals surface area contributed by atoms with Crippen molar-refractivity contribution in [2.24, 2.45) is 11.8 Å². The minimum absolute atomic E-state index is 0.764. The fourth-order valence-corrected chi connectivity index (χ4v) is 2.71. The van der Waals surface area contributed by atoms with E-state index in [1.165, 1.54) is 43.5 Å². The molecule has 0 fully saturated rings. The van der Waals surface area contributed by atoms with Crippen molar-refractivity contribution < 1.29 is 0 Å². The van der Waals surface area contributed by atoms with Crippen LogP contribution < -0.4 is 5.32 Å². The van der Waals surface area contributed by atoms with Gasteiger partial charge in [-0.05, 0) is 30.8 Å². The highest BCUT2D eigenvalue weighted by Gasteiger charge is 2.23. The van der Waals surface area contributed by atoms with E-state index in [2.05, 4.69) is 43.3 Å². The SMILES string of the molecule is CCC(C)CCCC1C=CC2=C(C1)N(C)CN2. The van der Waals surface area contributed by atoms with Crippen molar-refractivity contribution in [2.45, 2.75) is 46.0 Å². The molecule has 0 aromatic heterocycles. The Morgan fingerprint density at radius 3 is 3.12 bits per heavy atom. The summed E-state index contributed by atoms with van der Waals surface area (Å²) in [5, 5.41) is 3.43. The van der Waals surface area contributed by atoms with Crippen LogP contribution in [0.1, 0.15) is 46.0 Å². The lowest BCUT2D eigenvalue weighted by atomic mass is 9.90. The Hall–Kier alpha value is -0.920. The first kappa shape index (κ1) is 12.5. The fourth-order valence-electron chi connectivity index (χ4n) is 2.71. The summed E-state index contributed by atoms with van der Waals surface area (Å²) in [6.07, 6.45) is 11.4. The molecule has 0 spiro atoms. The lowest BCUT2D eigenvalue weighted by Crippen LogP contribution is -2.19. The largest absolute Gasteiger partial charge is 0.366 e. The summed E-state index contributed by atoms with van der Waals surface area (Å²) in [4.78, 5) is 2.35. The highest BCUT2D eigenvalue weighted by atomic mass is 15.3. The number of allylic oxidation sites excluding steroid dienone is 3. The minimum Gasteiger partial charge on any atom is -0.366 e. The first-order valence-electron chi connectivity index (χ1n) is 7.07. The molecule has 0 radical (unpaired) electrons. The van der Waals surface area contributed by atoms with Crippen LogP contribution in [0.5, 0.6) is 0 Å². The van der Waals surface area contributed by atoms with Crippen molar-refractivity contribution in [3.05, 3.63) is 23.5 Å². The number of hydrogen-bond donors (Lipinski definition) is 1. The standard InChI is InChI=1S/C15H26N2/c1-4-12(2)6-5-7-13-8-9-14-15(10-13)17(3)11-16-14/h8-9,12-13,16H,4-7,10-11H2,1-3H3. The zero-order valence-corrected chi connectivity index (χ0v) is 11.5. The van der Waals surface area contributed by atoms with E-state index < -0.39 is 0 Å². The third kappa shape index (κ3) is 3.05. The molecule has 0 aromatic carbocycles. The molecule has 2 atom stereocenters. The van der Waals surface area contributed by atoms with Crippen LogP contribution in [0.25, 0.3) is 0 Å². The molecule has 2 aliphatic rings. The predicted molar refractivity (Wildman–Crippen MR) is 73.3 cm³/mol. The van der Waals surface area contributed by atoms with Crippen LogP contribution in [0.4, 0.5) is 0 Å². The average molecular weight is 234 g/mol. The van der Waals surface area contributed by atoms with Gasteiger partial charge in [0, 0.05) is 12.7 Å². The molecule has 1 N–H and O–H groups in total. The van der Waals surface area contributed by atoms with Gasteiger partial charge in [0.1, 0.15) is 0 Å². The molecule has 96 valence electrons. The molecule has 0 aromatic rings. The van der Waals surface area contributed by atoms with E-state index in [0.717, 1.165) is 18.5 Å². The first-order chi connectivity index (χ1) is 8.20. The van der Waals surface area contributed by atoms with Gasteiger partial charge in [0.2, 0.25) is 0 Å². The normalized spacial score (nSPS) is 24.9. The Kier molecular flexibility index (Phi) is 4.14. The average Bonchev–Trinajstić information content (AvgIpc) is 2.71. The van der Waals surface area contributed by atoms with Crippen LogP contribution in [0.15, 0.2) is 23.5 Å². The van der Waals surface area contributed by atoms with Gasteiger partial charge in [-0.15, -0.1) is 0 Å². The van der Waals surface area contributed by atoms with Crippen molar-refractivity contribution in [3.8, 4) is 0 Å². The van der Waals surface area contributed by atoms with E-state index >= 15 is 0 Å².